The van der Waals surface area contributed by atoms with Crippen LogP contribution in [0.15, 0.2) is 30.5 Å². The smallest absolute Gasteiger partial charge is 0.325 e. The van der Waals surface area contributed by atoms with Crippen molar-refractivity contribution in [2.75, 3.05) is 13.1 Å². The Bertz CT molecular complexity index is 934. The van der Waals surface area contributed by atoms with Gasteiger partial charge < -0.3 is 10.6 Å². The Kier molecular flexibility index (Phi) is 5.04. The Labute approximate surface area is 166 Å². The summed E-state index contributed by atoms with van der Waals surface area (Å²) in [6.07, 6.45) is 5.13. The van der Waals surface area contributed by atoms with Gasteiger partial charge in [0, 0.05) is 18.7 Å². The van der Waals surface area contributed by atoms with Gasteiger partial charge in [0.15, 0.2) is 0 Å². The minimum atomic E-state index is -0.707. The summed E-state index contributed by atoms with van der Waals surface area (Å²) in [6, 6.07) is 5.41. The van der Waals surface area contributed by atoms with Crippen LogP contribution >= 0.6 is 0 Å². The average molecular weight is 399 g/mol. The number of hydrogen-bond acceptors (Lipinski definition) is 4. The summed E-state index contributed by atoms with van der Waals surface area (Å²) in [7, 11) is 0. The molecule has 1 aromatic heterocycles. The summed E-state index contributed by atoms with van der Waals surface area (Å²) in [5.41, 5.74) is 0.785. The minimum absolute atomic E-state index is 0.153. The van der Waals surface area contributed by atoms with E-state index in [0.717, 1.165) is 12.8 Å². The molecule has 3 N–H and O–H groups in total. The van der Waals surface area contributed by atoms with Crippen molar-refractivity contribution in [3.8, 4) is 11.3 Å². The molecular weight excluding hydrogens is 377 g/mol. The van der Waals surface area contributed by atoms with Gasteiger partial charge in [0.2, 0.25) is 0 Å². The molecule has 1 spiro atoms. The molecule has 4 amide bonds. The number of carbonyl (C=O) groups is 3. The van der Waals surface area contributed by atoms with Crippen LogP contribution in [-0.4, -0.2) is 51.6 Å². The number of nitrogens with one attached hydrogen (secondary N) is 3. The second kappa shape index (κ2) is 7.65. The second-order valence-corrected chi connectivity index (χ2v) is 7.45. The van der Waals surface area contributed by atoms with E-state index in [4.69, 9.17) is 0 Å². The summed E-state index contributed by atoms with van der Waals surface area (Å²) in [5, 5.41) is 12.3. The molecule has 2 aromatic rings. The van der Waals surface area contributed by atoms with Crippen molar-refractivity contribution in [1.82, 2.24) is 25.7 Å². The molecule has 2 heterocycles. The number of benzene rings is 1. The average Bonchev–Trinajstić information content (AvgIpc) is 3.42. The van der Waals surface area contributed by atoms with Gasteiger partial charge in [-0.1, -0.05) is 12.8 Å². The maximum Gasteiger partial charge on any atom is 0.325 e. The monoisotopic (exact) mass is 399 g/mol. The molecule has 2 fully saturated rings. The number of carbonyl (C=O) groups excluding carboxylic acids is 3. The summed E-state index contributed by atoms with van der Waals surface area (Å²) >= 11 is 0. The van der Waals surface area contributed by atoms with E-state index in [0.29, 0.717) is 42.6 Å². The van der Waals surface area contributed by atoms with E-state index in [1.807, 2.05) is 0 Å². The van der Waals surface area contributed by atoms with E-state index < -0.39 is 5.54 Å². The highest BCUT2D eigenvalue weighted by molar-refractivity contribution is 6.07. The van der Waals surface area contributed by atoms with Gasteiger partial charge >= 0.3 is 6.03 Å². The Balaban J connectivity index is 1.31. The lowest BCUT2D eigenvalue weighted by atomic mass is 9.98. The molecule has 0 atom stereocenters. The highest BCUT2D eigenvalue weighted by Gasteiger charge is 2.51. The number of halogens is 1. The van der Waals surface area contributed by atoms with Crippen LogP contribution in [-0.2, 0) is 4.79 Å². The standard InChI is InChI=1S/C20H22FN5O3/c21-14-6-4-13(5-7-14)16-15(12-23-25-16)17(27)22-10-3-11-26-18(28)20(24-19(26)29)8-1-2-9-20/h4-7,12H,1-3,8-11H2,(H,22,27)(H,23,25)(H,24,29). The van der Waals surface area contributed by atoms with Gasteiger partial charge in [-0.15, -0.1) is 0 Å². The van der Waals surface area contributed by atoms with Gasteiger partial charge in [-0.05, 0) is 43.5 Å². The Morgan fingerprint density at radius 2 is 1.93 bits per heavy atom. The van der Waals surface area contributed by atoms with E-state index in [2.05, 4.69) is 20.8 Å². The predicted molar refractivity (Wildman–Crippen MR) is 102 cm³/mol. The van der Waals surface area contributed by atoms with Crippen LogP contribution < -0.4 is 10.6 Å². The third kappa shape index (κ3) is 3.59. The topological polar surface area (TPSA) is 107 Å². The molecule has 1 aromatic carbocycles. The van der Waals surface area contributed by atoms with Crippen LogP contribution in [0.2, 0.25) is 0 Å². The summed E-state index contributed by atoms with van der Waals surface area (Å²) in [6.45, 7) is 0.555. The van der Waals surface area contributed by atoms with Crippen LogP contribution in [0, 0.1) is 5.82 Å². The molecule has 152 valence electrons. The Morgan fingerprint density at radius 3 is 2.66 bits per heavy atom. The lowest BCUT2D eigenvalue weighted by Gasteiger charge is -2.20. The van der Waals surface area contributed by atoms with E-state index in [1.54, 1.807) is 12.1 Å². The molecule has 0 unspecified atom stereocenters. The molecule has 8 nitrogen and oxygen atoms in total. The zero-order valence-electron chi connectivity index (χ0n) is 15.8. The van der Waals surface area contributed by atoms with Gasteiger partial charge in [0.1, 0.15) is 11.4 Å². The van der Waals surface area contributed by atoms with Gasteiger partial charge in [-0.3, -0.25) is 19.6 Å². The van der Waals surface area contributed by atoms with Gasteiger partial charge in [0.25, 0.3) is 11.8 Å². The molecule has 0 bridgehead atoms. The lowest BCUT2D eigenvalue weighted by Crippen LogP contribution is -2.44. The lowest BCUT2D eigenvalue weighted by molar-refractivity contribution is -0.131. The van der Waals surface area contributed by atoms with E-state index in [-0.39, 0.29) is 30.2 Å². The third-order valence-corrected chi connectivity index (χ3v) is 5.56. The summed E-state index contributed by atoms with van der Waals surface area (Å²) < 4.78 is 13.1. The number of rotatable bonds is 6. The van der Waals surface area contributed by atoms with Crippen LogP contribution in [0.4, 0.5) is 9.18 Å². The van der Waals surface area contributed by atoms with Crippen molar-refractivity contribution in [2.45, 2.75) is 37.6 Å². The van der Waals surface area contributed by atoms with Gasteiger partial charge in [0.05, 0.1) is 17.5 Å². The Hall–Kier alpha value is -3.23. The number of urea groups is 1. The largest absolute Gasteiger partial charge is 0.352 e. The molecule has 1 saturated heterocycles. The number of aromatic nitrogens is 2. The fourth-order valence-electron chi connectivity index (χ4n) is 4.03. The fraction of sp³-hybridized carbons (Fsp3) is 0.400. The van der Waals surface area contributed by atoms with Gasteiger partial charge in [-0.25, -0.2) is 9.18 Å². The first-order chi connectivity index (χ1) is 14.0. The number of amides is 4. The zero-order valence-corrected chi connectivity index (χ0v) is 15.8. The number of hydrogen-bond donors (Lipinski definition) is 3. The first-order valence-electron chi connectivity index (χ1n) is 9.72. The number of imide groups is 1. The molecule has 4 rings (SSSR count). The third-order valence-electron chi connectivity index (χ3n) is 5.56. The maximum atomic E-state index is 13.1. The minimum Gasteiger partial charge on any atom is -0.352 e. The van der Waals surface area contributed by atoms with Crippen molar-refractivity contribution in [3.63, 3.8) is 0 Å². The summed E-state index contributed by atoms with van der Waals surface area (Å²) in [5.74, 6) is -0.846. The van der Waals surface area contributed by atoms with Crippen molar-refractivity contribution >= 4 is 17.8 Å². The highest BCUT2D eigenvalue weighted by atomic mass is 19.1. The SMILES string of the molecule is O=C(NCCCN1C(=O)NC2(CCCC2)C1=O)c1cn[nH]c1-c1ccc(F)cc1. The molecule has 29 heavy (non-hydrogen) atoms. The first-order valence-corrected chi connectivity index (χ1v) is 9.72. The van der Waals surface area contributed by atoms with Crippen molar-refractivity contribution in [3.05, 3.63) is 41.8 Å². The van der Waals surface area contributed by atoms with Crippen molar-refractivity contribution in [1.29, 1.82) is 0 Å². The van der Waals surface area contributed by atoms with Crippen LogP contribution in [0.1, 0.15) is 42.5 Å². The summed E-state index contributed by atoms with van der Waals surface area (Å²) in [4.78, 5) is 38.5. The van der Waals surface area contributed by atoms with Gasteiger partial charge in [-0.2, -0.15) is 5.10 Å². The quantitative estimate of drug-likeness (QED) is 0.511. The number of aromatic amines is 1. The van der Waals surface area contributed by atoms with E-state index in [1.165, 1.54) is 23.2 Å². The first kappa shape index (κ1) is 19.1. The van der Waals surface area contributed by atoms with Crippen LogP contribution in [0.5, 0.6) is 0 Å². The molecular formula is C20H22FN5O3. The van der Waals surface area contributed by atoms with E-state index in [9.17, 15) is 18.8 Å². The van der Waals surface area contributed by atoms with E-state index >= 15 is 0 Å². The second-order valence-electron chi connectivity index (χ2n) is 7.45. The molecule has 1 saturated carbocycles. The van der Waals surface area contributed by atoms with Crippen molar-refractivity contribution < 1.29 is 18.8 Å². The molecule has 2 aliphatic rings. The number of nitrogens with zero attached hydrogens (tertiary/aromatic N) is 2. The van der Waals surface area contributed by atoms with Crippen molar-refractivity contribution in [2.24, 2.45) is 0 Å². The molecule has 9 heteroatoms. The van der Waals surface area contributed by atoms with Crippen LogP contribution in [0.3, 0.4) is 0 Å². The molecule has 0 radical (unpaired) electrons. The predicted octanol–water partition coefficient (Wildman–Crippen LogP) is 2.20. The maximum absolute atomic E-state index is 13.1. The highest BCUT2D eigenvalue weighted by Crippen LogP contribution is 2.35. The van der Waals surface area contributed by atoms with Crippen LogP contribution in [0.25, 0.3) is 11.3 Å². The Morgan fingerprint density at radius 1 is 1.21 bits per heavy atom. The zero-order chi connectivity index (χ0) is 20.4. The normalized spacial score (nSPS) is 17.8. The number of H-pyrrole nitrogens is 1. The molecule has 1 aliphatic carbocycles. The molecule has 1 aliphatic heterocycles. The fourth-order valence-corrected chi connectivity index (χ4v) is 4.03.